The first-order valence-corrected chi connectivity index (χ1v) is 7.58. The first-order chi connectivity index (χ1) is 10.1. The highest BCUT2D eigenvalue weighted by Gasteiger charge is 2.44. The molecule has 0 radical (unpaired) electrons. The van der Waals surface area contributed by atoms with Gasteiger partial charge < -0.3 is 20.5 Å². The van der Waals surface area contributed by atoms with E-state index in [0.29, 0.717) is 25.7 Å². The molecule has 3 atom stereocenters. The highest BCUT2D eigenvalue weighted by molar-refractivity contribution is 5.85. The lowest BCUT2D eigenvalue weighted by Gasteiger charge is -2.18. The van der Waals surface area contributed by atoms with Crippen LogP contribution >= 0.6 is 12.4 Å². The Morgan fingerprint density at radius 1 is 1.36 bits per heavy atom. The zero-order valence-electron chi connectivity index (χ0n) is 12.7. The first kappa shape index (κ1) is 16.9. The monoisotopic (exact) mass is 326 g/mol. The van der Waals surface area contributed by atoms with Crippen LogP contribution in [0.25, 0.3) is 0 Å². The molecule has 2 aliphatic rings. The van der Waals surface area contributed by atoms with Gasteiger partial charge in [0.05, 0.1) is 0 Å². The molecule has 0 bridgehead atoms. The predicted molar refractivity (Wildman–Crippen MR) is 86.8 cm³/mol. The Hall–Kier alpha value is -1.46. The standard InChI is InChI=1S/C16H22N2O3.ClH/c1-10(17)4-5-18-16(19)13-9-12(13)11-2-3-14-15(8-11)21-7-6-20-14;/h2-3,8,10,12-13H,4-7,9,17H2,1H3,(H,18,19);1H. The summed E-state index contributed by atoms with van der Waals surface area (Å²) in [7, 11) is 0. The highest BCUT2D eigenvalue weighted by Crippen LogP contribution is 2.49. The number of hydrogen-bond donors (Lipinski definition) is 2. The van der Waals surface area contributed by atoms with Crippen molar-refractivity contribution in [2.45, 2.75) is 31.7 Å². The number of carbonyl (C=O) groups excluding carboxylic acids is 1. The number of nitrogens with two attached hydrogens (primary N) is 1. The summed E-state index contributed by atoms with van der Waals surface area (Å²) >= 11 is 0. The van der Waals surface area contributed by atoms with Crippen molar-refractivity contribution >= 4 is 18.3 Å². The molecule has 1 heterocycles. The Labute approximate surface area is 137 Å². The minimum Gasteiger partial charge on any atom is -0.486 e. The SMILES string of the molecule is CC(N)CCNC(=O)C1CC1c1ccc2c(c1)OCCO2.Cl. The van der Waals surface area contributed by atoms with Crippen LogP contribution < -0.4 is 20.5 Å². The lowest BCUT2D eigenvalue weighted by Crippen LogP contribution is -2.30. The smallest absolute Gasteiger partial charge is 0.223 e. The summed E-state index contributed by atoms with van der Waals surface area (Å²) in [6.45, 7) is 3.78. The average Bonchev–Trinajstić information content (AvgIpc) is 3.27. The van der Waals surface area contributed by atoms with E-state index in [0.717, 1.165) is 29.9 Å². The van der Waals surface area contributed by atoms with E-state index in [1.54, 1.807) is 0 Å². The third kappa shape index (κ3) is 3.84. The predicted octanol–water partition coefficient (Wildman–Crippen LogP) is 1.84. The van der Waals surface area contributed by atoms with Gasteiger partial charge in [0.1, 0.15) is 13.2 Å². The first-order valence-electron chi connectivity index (χ1n) is 7.58. The van der Waals surface area contributed by atoms with Gasteiger partial charge in [0.2, 0.25) is 5.91 Å². The maximum absolute atomic E-state index is 12.1. The van der Waals surface area contributed by atoms with Crippen molar-refractivity contribution < 1.29 is 14.3 Å². The van der Waals surface area contributed by atoms with Crippen molar-refractivity contribution in [1.29, 1.82) is 0 Å². The normalized spacial score (nSPS) is 23.2. The Morgan fingerprint density at radius 2 is 2.09 bits per heavy atom. The van der Waals surface area contributed by atoms with Crippen molar-refractivity contribution in [2.75, 3.05) is 19.8 Å². The van der Waals surface area contributed by atoms with Gasteiger partial charge in [-0.2, -0.15) is 0 Å². The maximum Gasteiger partial charge on any atom is 0.223 e. The maximum atomic E-state index is 12.1. The Morgan fingerprint density at radius 3 is 2.82 bits per heavy atom. The number of benzene rings is 1. The van der Waals surface area contributed by atoms with E-state index in [1.807, 2.05) is 25.1 Å². The average molecular weight is 327 g/mol. The second kappa shape index (κ2) is 7.20. The van der Waals surface area contributed by atoms with E-state index in [1.165, 1.54) is 0 Å². The van der Waals surface area contributed by atoms with Crippen molar-refractivity contribution in [1.82, 2.24) is 5.32 Å². The summed E-state index contributed by atoms with van der Waals surface area (Å²) < 4.78 is 11.1. The van der Waals surface area contributed by atoms with Crippen molar-refractivity contribution in [2.24, 2.45) is 11.7 Å². The quantitative estimate of drug-likeness (QED) is 0.866. The molecule has 1 aliphatic carbocycles. The molecular weight excluding hydrogens is 304 g/mol. The molecule has 1 aliphatic heterocycles. The Balaban J connectivity index is 0.00000176. The third-order valence-corrected chi connectivity index (χ3v) is 4.02. The van der Waals surface area contributed by atoms with E-state index >= 15 is 0 Å². The fraction of sp³-hybridized carbons (Fsp3) is 0.562. The minimum atomic E-state index is 0. The number of nitrogens with one attached hydrogen (secondary N) is 1. The number of hydrogen-bond acceptors (Lipinski definition) is 4. The molecule has 1 aromatic rings. The zero-order valence-corrected chi connectivity index (χ0v) is 13.5. The topological polar surface area (TPSA) is 73.6 Å². The molecule has 3 N–H and O–H groups in total. The van der Waals surface area contributed by atoms with Crippen LogP contribution in [-0.4, -0.2) is 31.7 Å². The zero-order chi connectivity index (χ0) is 14.8. The second-order valence-electron chi connectivity index (χ2n) is 5.91. The molecule has 6 heteroatoms. The summed E-state index contributed by atoms with van der Waals surface area (Å²) in [5.41, 5.74) is 6.84. The molecular formula is C16H23ClN2O3. The van der Waals surface area contributed by atoms with Gasteiger partial charge in [0.15, 0.2) is 11.5 Å². The number of amides is 1. The third-order valence-electron chi connectivity index (χ3n) is 4.02. The van der Waals surface area contributed by atoms with Crippen molar-refractivity contribution in [3.8, 4) is 11.5 Å². The van der Waals surface area contributed by atoms with E-state index in [2.05, 4.69) is 5.32 Å². The molecule has 1 aromatic carbocycles. The molecule has 3 unspecified atom stereocenters. The molecule has 22 heavy (non-hydrogen) atoms. The Kier molecular flexibility index (Phi) is 5.53. The Bertz CT molecular complexity index is 536. The molecule has 0 saturated heterocycles. The van der Waals surface area contributed by atoms with Crippen LogP contribution in [0.3, 0.4) is 0 Å². The molecule has 1 saturated carbocycles. The summed E-state index contributed by atoms with van der Waals surface area (Å²) in [4.78, 5) is 12.1. The van der Waals surface area contributed by atoms with Crippen molar-refractivity contribution in [3.05, 3.63) is 23.8 Å². The molecule has 0 spiro atoms. The van der Waals surface area contributed by atoms with Gasteiger partial charge >= 0.3 is 0 Å². The van der Waals surface area contributed by atoms with Gasteiger partial charge in [-0.05, 0) is 43.4 Å². The van der Waals surface area contributed by atoms with Gasteiger partial charge in [0.25, 0.3) is 0 Å². The van der Waals surface area contributed by atoms with Gasteiger partial charge in [-0.15, -0.1) is 12.4 Å². The summed E-state index contributed by atoms with van der Waals surface area (Å²) in [6.07, 6.45) is 1.72. The molecule has 1 fully saturated rings. The fourth-order valence-electron chi connectivity index (χ4n) is 2.70. The van der Waals surface area contributed by atoms with Crippen LogP contribution in [0.2, 0.25) is 0 Å². The fourth-order valence-corrected chi connectivity index (χ4v) is 2.70. The van der Waals surface area contributed by atoms with Gasteiger partial charge in [0, 0.05) is 18.5 Å². The van der Waals surface area contributed by atoms with Gasteiger partial charge in [-0.25, -0.2) is 0 Å². The van der Waals surface area contributed by atoms with Crippen LogP contribution in [0.5, 0.6) is 11.5 Å². The van der Waals surface area contributed by atoms with Crippen LogP contribution in [0.4, 0.5) is 0 Å². The number of fused-ring (bicyclic) bond motifs is 1. The lowest BCUT2D eigenvalue weighted by atomic mass is 10.1. The van der Waals surface area contributed by atoms with Gasteiger partial charge in [-0.3, -0.25) is 4.79 Å². The van der Waals surface area contributed by atoms with Crippen LogP contribution in [0.15, 0.2) is 18.2 Å². The highest BCUT2D eigenvalue weighted by atomic mass is 35.5. The number of halogens is 1. The number of ether oxygens (including phenoxy) is 2. The molecule has 1 amide bonds. The minimum absolute atomic E-state index is 0. The van der Waals surface area contributed by atoms with E-state index < -0.39 is 0 Å². The molecule has 0 aromatic heterocycles. The summed E-state index contributed by atoms with van der Waals surface area (Å²) in [5.74, 6) is 2.11. The van der Waals surface area contributed by atoms with Crippen LogP contribution in [0.1, 0.15) is 31.2 Å². The van der Waals surface area contributed by atoms with Crippen molar-refractivity contribution in [3.63, 3.8) is 0 Å². The molecule has 5 nitrogen and oxygen atoms in total. The van der Waals surface area contributed by atoms with Gasteiger partial charge in [-0.1, -0.05) is 6.07 Å². The molecule has 122 valence electrons. The van der Waals surface area contributed by atoms with Crippen LogP contribution in [0, 0.1) is 5.92 Å². The lowest BCUT2D eigenvalue weighted by molar-refractivity contribution is -0.122. The van der Waals surface area contributed by atoms with E-state index in [-0.39, 0.29) is 30.3 Å². The largest absolute Gasteiger partial charge is 0.486 e. The summed E-state index contributed by atoms with van der Waals surface area (Å²) in [6, 6.07) is 6.10. The molecule has 3 rings (SSSR count). The second-order valence-corrected chi connectivity index (χ2v) is 5.91. The number of carbonyl (C=O) groups is 1. The van der Waals surface area contributed by atoms with E-state index in [4.69, 9.17) is 15.2 Å². The van der Waals surface area contributed by atoms with E-state index in [9.17, 15) is 4.79 Å². The summed E-state index contributed by atoms with van der Waals surface area (Å²) in [5, 5.41) is 2.96. The number of rotatable bonds is 5. The van der Waals surface area contributed by atoms with Crippen LogP contribution in [-0.2, 0) is 4.79 Å².